The first kappa shape index (κ1) is 19.6. The summed E-state index contributed by atoms with van der Waals surface area (Å²) in [6.07, 6.45) is 2.58. The number of amides is 2. The Bertz CT molecular complexity index is 901. The number of hydrogen-bond donors (Lipinski definition) is 1. The van der Waals surface area contributed by atoms with Crippen molar-refractivity contribution >= 4 is 29.5 Å². The molecule has 1 aromatic heterocycles. The van der Waals surface area contributed by atoms with Crippen molar-refractivity contribution in [2.45, 2.75) is 36.7 Å². The Morgan fingerprint density at radius 2 is 2.10 bits per heavy atom. The molecule has 2 saturated heterocycles. The highest BCUT2D eigenvalue weighted by atomic mass is 32.2. The number of carbonyl (C=O) groups is 3. The molecule has 0 aliphatic carbocycles. The fraction of sp³-hybridized carbons (Fsp3) is 0.381. The van der Waals surface area contributed by atoms with Crippen molar-refractivity contribution in [3.05, 3.63) is 60.1 Å². The van der Waals surface area contributed by atoms with Crippen molar-refractivity contribution in [2.75, 3.05) is 12.4 Å². The van der Waals surface area contributed by atoms with Crippen LogP contribution in [0.4, 0.5) is 0 Å². The molecule has 3 heterocycles. The molecule has 2 aliphatic heterocycles. The molecule has 152 valence electrons. The number of carbonyl (C=O) groups excluding carboxylic acids is 3. The van der Waals surface area contributed by atoms with Gasteiger partial charge in [0.05, 0.1) is 12.3 Å². The van der Waals surface area contributed by atoms with Crippen LogP contribution >= 0.6 is 11.8 Å². The van der Waals surface area contributed by atoms with Crippen LogP contribution in [-0.2, 0) is 24.0 Å². The molecule has 2 amide bonds. The van der Waals surface area contributed by atoms with Gasteiger partial charge in [-0.05, 0) is 31.0 Å². The minimum absolute atomic E-state index is 0.0586. The van der Waals surface area contributed by atoms with Crippen LogP contribution in [0.1, 0.15) is 37.1 Å². The summed E-state index contributed by atoms with van der Waals surface area (Å²) in [7, 11) is 0. The molecule has 29 heavy (non-hydrogen) atoms. The Morgan fingerprint density at radius 1 is 1.31 bits per heavy atom. The quantitative estimate of drug-likeness (QED) is 0.731. The van der Waals surface area contributed by atoms with Crippen LogP contribution < -0.4 is 5.32 Å². The molecule has 0 spiro atoms. The first-order valence-corrected chi connectivity index (χ1v) is 10.5. The van der Waals surface area contributed by atoms with Gasteiger partial charge in [-0.15, -0.1) is 11.8 Å². The van der Waals surface area contributed by atoms with Gasteiger partial charge in [0.1, 0.15) is 16.7 Å². The van der Waals surface area contributed by atoms with Crippen LogP contribution in [0, 0.1) is 0 Å². The molecule has 3 atom stereocenters. The molecule has 7 nitrogen and oxygen atoms in total. The highest BCUT2D eigenvalue weighted by Crippen LogP contribution is 2.54. The van der Waals surface area contributed by atoms with Gasteiger partial charge in [-0.25, -0.2) is 4.79 Å². The Labute approximate surface area is 172 Å². The number of benzene rings is 1. The minimum atomic E-state index is -0.689. The van der Waals surface area contributed by atoms with Crippen LogP contribution in [0.25, 0.3) is 0 Å². The number of rotatable bonds is 6. The summed E-state index contributed by atoms with van der Waals surface area (Å²) in [5.41, 5.74) is 1.01. The van der Waals surface area contributed by atoms with Crippen LogP contribution in [0.5, 0.6) is 0 Å². The lowest BCUT2D eigenvalue weighted by molar-refractivity contribution is -0.156. The number of nitrogens with zero attached hydrogens (tertiary/aromatic N) is 1. The molecule has 2 aliphatic rings. The smallest absolute Gasteiger partial charge is 0.330 e. The molecule has 0 radical (unpaired) electrons. The molecule has 1 aromatic carbocycles. The third-order valence-corrected chi connectivity index (χ3v) is 6.91. The molecular formula is C21H22N2O5S. The summed E-state index contributed by atoms with van der Waals surface area (Å²) < 4.78 is 10.5. The topological polar surface area (TPSA) is 88.8 Å². The van der Waals surface area contributed by atoms with Crippen molar-refractivity contribution in [2.24, 2.45) is 0 Å². The fourth-order valence-corrected chi connectivity index (χ4v) is 5.58. The summed E-state index contributed by atoms with van der Waals surface area (Å²) in [4.78, 5) is 38.5. The zero-order valence-electron chi connectivity index (χ0n) is 16.0. The van der Waals surface area contributed by atoms with Gasteiger partial charge in [0.25, 0.3) is 5.91 Å². The van der Waals surface area contributed by atoms with Gasteiger partial charge in [-0.2, -0.15) is 0 Å². The van der Waals surface area contributed by atoms with E-state index in [0.29, 0.717) is 24.4 Å². The normalized spacial score (nSPS) is 24.2. The molecule has 4 rings (SSSR count). The van der Waals surface area contributed by atoms with Gasteiger partial charge in [-0.1, -0.05) is 30.3 Å². The van der Waals surface area contributed by atoms with Crippen LogP contribution in [0.15, 0.2) is 53.1 Å². The van der Waals surface area contributed by atoms with E-state index in [-0.39, 0.29) is 11.9 Å². The number of nitrogens with one attached hydrogen (secondary N) is 1. The summed E-state index contributed by atoms with van der Waals surface area (Å²) in [6.45, 7) is 1.38. The maximum atomic E-state index is 12.7. The van der Waals surface area contributed by atoms with E-state index < -0.39 is 29.4 Å². The van der Waals surface area contributed by atoms with Gasteiger partial charge in [0.2, 0.25) is 5.91 Å². The van der Waals surface area contributed by atoms with Gasteiger partial charge in [0.15, 0.2) is 6.61 Å². The highest BCUT2D eigenvalue weighted by Gasteiger charge is 2.57. The first-order valence-electron chi connectivity index (χ1n) is 9.52. The molecule has 0 saturated carbocycles. The average molecular weight is 414 g/mol. The van der Waals surface area contributed by atoms with E-state index in [9.17, 15) is 14.4 Å². The van der Waals surface area contributed by atoms with E-state index >= 15 is 0 Å². The SMILES string of the molecule is C[C@H](NC(=O)COC(=O)[C@H]1CS[C@@]2(c3ccccc3)CCC(=O)N12)c1ccco1. The molecule has 2 fully saturated rings. The second-order valence-corrected chi connectivity index (χ2v) is 8.45. The lowest BCUT2D eigenvalue weighted by Crippen LogP contribution is -2.47. The third-order valence-electron chi connectivity index (χ3n) is 5.32. The number of esters is 1. The maximum Gasteiger partial charge on any atom is 0.330 e. The summed E-state index contributed by atoms with van der Waals surface area (Å²) in [6, 6.07) is 12.2. The summed E-state index contributed by atoms with van der Waals surface area (Å²) in [5, 5.41) is 2.72. The van der Waals surface area contributed by atoms with E-state index in [1.807, 2.05) is 30.3 Å². The predicted octanol–water partition coefficient (Wildman–Crippen LogP) is 2.59. The number of thioether (sulfide) groups is 1. The zero-order chi connectivity index (χ0) is 20.4. The number of hydrogen-bond acceptors (Lipinski definition) is 6. The summed E-state index contributed by atoms with van der Waals surface area (Å²) >= 11 is 1.59. The zero-order valence-corrected chi connectivity index (χ0v) is 16.8. The van der Waals surface area contributed by atoms with Crippen molar-refractivity contribution < 1.29 is 23.5 Å². The number of fused-ring (bicyclic) bond motifs is 1. The Balaban J connectivity index is 1.39. The van der Waals surface area contributed by atoms with Crippen molar-refractivity contribution in [3.8, 4) is 0 Å². The standard InChI is InChI=1S/C21H22N2O5S/c1-14(17-8-5-11-27-17)22-18(24)12-28-20(26)16-13-29-21(10-9-19(25)23(16)21)15-6-3-2-4-7-15/h2-8,11,14,16H,9-10,12-13H2,1H3,(H,22,24)/t14-,16+,21+/m0/s1. The third kappa shape index (κ3) is 3.64. The first-order chi connectivity index (χ1) is 14.0. The van der Waals surface area contributed by atoms with Gasteiger partial charge >= 0.3 is 5.97 Å². The molecule has 0 bridgehead atoms. The number of furan rings is 1. The van der Waals surface area contributed by atoms with E-state index in [4.69, 9.17) is 9.15 Å². The lowest BCUT2D eigenvalue weighted by Gasteiger charge is -2.33. The minimum Gasteiger partial charge on any atom is -0.467 e. The van der Waals surface area contributed by atoms with Crippen LogP contribution in [0.3, 0.4) is 0 Å². The monoisotopic (exact) mass is 414 g/mol. The van der Waals surface area contributed by atoms with Crippen molar-refractivity contribution in [1.82, 2.24) is 10.2 Å². The van der Waals surface area contributed by atoms with E-state index in [1.54, 1.807) is 35.7 Å². The largest absolute Gasteiger partial charge is 0.467 e. The Hall–Kier alpha value is -2.74. The highest BCUT2D eigenvalue weighted by molar-refractivity contribution is 8.00. The molecule has 0 unspecified atom stereocenters. The van der Waals surface area contributed by atoms with Crippen LogP contribution in [-0.4, -0.2) is 41.1 Å². The maximum absolute atomic E-state index is 12.7. The van der Waals surface area contributed by atoms with E-state index in [1.165, 1.54) is 6.26 Å². The van der Waals surface area contributed by atoms with E-state index in [0.717, 1.165) is 5.56 Å². The molecule has 2 aromatic rings. The van der Waals surface area contributed by atoms with Gasteiger partial charge in [-0.3, -0.25) is 9.59 Å². The number of ether oxygens (including phenoxy) is 1. The predicted molar refractivity (Wildman–Crippen MR) is 107 cm³/mol. The lowest BCUT2D eigenvalue weighted by atomic mass is 10.0. The van der Waals surface area contributed by atoms with E-state index in [2.05, 4.69) is 5.32 Å². The second kappa shape index (κ2) is 7.94. The van der Waals surface area contributed by atoms with Crippen LogP contribution in [0.2, 0.25) is 0 Å². The Kier molecular flexibility index (Phi) is 5.36. The average Bonchev–Trinajstić information content (AvgIpc) is 3.45. The Morgan fingerprint density at radius 3 is 2.83 bits per heavy atom. The molecule has 8 heteroatoms. The summed E-state index contributed by atoms with van der Waals surface area (Å²) in [5.74, 6) is 0.0364. The second-order valence-electron chi connectivity index (χ2n) is 7.15. The molecule has 1 N–H and O–H groups in total. The van der Waals surface area contributed by atoms with Crippen molar-refractivity contribution in [1.29, 1.82) is 0 Å². The van der Waals surface area contributed by atoms with Gasteiger partial charge < -0.3 is 19.4 Å². The van der Waals surface area contributed by atoms with Gasteiger partial charge in [0, 0.05) is 12.2 Å². The molecular weight excluding hydrogens is 392 g/mol. The fourth-order valence-electron chi connectivity index (χ4n) is 3.94. The van der Waals surface area contributed by atoms with Crippen molar-refractivity contribution in [3.63, 3.8) is 0 Å².